The summed E-state index contributed by atoms with van der Waals surface area (Å²) in [5.74, 6) is 0. The van der Waals surface area contributed by atoms with Gasteiger partial charge in [-0.3, -0.25) is 0 Å². The first-order valence-electron chi connectivity index (χ1n) is 6.04. The number of nitrogens with one attached hydrogen (secondary N) is 1. The van der Waals surface area contributed by atoms with Gasteiger partial charge >= 0.3 is 0 Å². The lowest BCUT2D eigenvalue weighted by molar-refractivity contribution is 0.340. The minimum Gasteiger partial charge on any atom is -0.330 e. The van der Waals surface area contributed by atoms with Gasteiger partial charge in [-0.2, -0.15) is 0 Å². The normalized spacial score (nSPS) is 12.7. The van der Waals surface area contributed by atoms with E-state index in [4.69, 9.17) is 5.73 Å². The molecule has 0 spiro atoms. The molecule has 3 N–H and O–H groups in total. The Bertz CT molecular complexity index is 495. The van der Waals surface area contributed by atoms with E-state index in [0.29, 0.717) is 18.0 Å². The number of aryl methyl sites for hydroxylation is 1. The number of hydrogen-bond acceptors (Lipinski definition) is 3. The second-order valence-electron chi connectivity index (χ2n) is 5.29. The van der Waals surface area contributed by atoms with Crippen LogP contribution in [0, 0.1) is 12.3 Å². The number of hydrogen-bond donors (Lipinski definition) is 2. The van der Waals surface area contributed by atoms with Gasteiger partial charge in [0, 0.05) is 6.54 Å². The maximum atomic E-state index is 12.2. The Balaban J connectivity index is 2.81. The van der Waals surface area contributed by atoms with Crippen LogP contribution in [0.4, 0.5) is 0 Å². The van der Waals surface area contributed by atoms with Crippen LogP contribution in [0.5, 0.6) is 0 Å². The molecule has 0 saturated carbocycles. The van der Waals surface area contributed by atoms with E-state index < -0.39 is 10.0 Å². The Hall–Kier alpha value is -0.910. The molecule has 0 saturated heterocycles. The molecule has 0 aliphatic rings. The topological polar surface area (TPSA) is 72.2 Å². The molecule has 0 bridgehead atoms. The van der Waals surface area contributed by atoms with Crippen molar-refractivity contribution in [1.29, 1.82) is 0 Å². The molecule has 0 heterocycles. The number of rotatable bonds is 6. The molecule has 0 atom stereocenters. The highest BCUT2D eigenvalue weighted by atomic mass is 32.2. The van der Waals surface area contributed by atoms with E-state index in [2.05, 4.69) is 4.72 Å². The molecule has 5 heteroatoms. The summed E-state index contributed by atoms with van der Waals surface area (Å²) in [6, 6.07) is 6.96. The third kappa shape index (κ3) is 4.08. The highest BCUT2D eigenvalue weighted by molar-refractivity contribution is 7.89. The van der Waals surface area contributed by atoms with Crippen LogP contribution in [0.3, 0.4) is 0 Å². The van der Waals surface area contributed by atoms with Crippen molar-refractivity contribution in [2.75, 3.05) is 13.1 Å². The Morgan fingerprint density at radius 1 is 1.28 bits per heavy atom. The SMILES string of the molecule is Cc1ccccc1S(=O)(=O)NCC(C)(C)CCN. The van der Waals surface area contributed by atoms with Crippen molar-refractivity contribution in [3.63, 3.8) is 0 Å². The number of sulfonamides is 1. The molecule has 0 aromatic heterocycles. The molecule has 18 heavy (non-hydrogen) atoms. The quantitative estimate of drug-likeness (QED) is 0.825. The zero-order valence-corrected chi connectivity index (χ0v) is 12.0. The van der Waals surface area contributed by atoms with Crippen LogP contribution >= 0.6 is 0 Å². The summed E-state index contributed by atoms with van der Waals surface area (Å²) in [4.78, 5) is 0.341. The van der Waals surface area contributed by atoms with Crippen molar-refractivity contribution in [3.8, 4) is 0 Å². The van der Waals surface area contributed by atoms with Gasteiger partial charge in [-0.1, -0.05) is 32.0 Å². The fourth-order valence-corrected chi connectivity index (χ4v) is 3.19. The molecule has 0 amide bonds. The lowest BCUT2D eigenvalue weighted by Gasteiger charge is -2.24. The molecular formula is C13H22N2O2S. The Morgan fingerprint density at radius 3 is 2.44 bits per heavy atom. The second kappa shape index (κ2) is 5.82. The minimum absolute atomic E-state index is 0.134. The summed E-state index contributed by atoms with van der Waals surface area (Å²) in [6.45, 7) is 6.74. The van der Waals surface area contributed by atoms with E-state index in [1.54, 1.807) is 25.1 Å². The molecule has 0 radical (unpaired) electrons. The van der Waals surface area contributed by atoms with Gasteiger partial charge in [0.1, 0.15) is 0 Å². The Kier molecular flexibility index (Phi) is 4.90. The molecule has 1 aromatic rings. The zero-order chi connectivity index (χ0) is 13.8. The van der Waals surface area contributed by atoms with Gasteiger partial charge in [-0.15, -0.1) is 0 Å². The van der Waals surface area contributed by atoms with Crippen LogP contribution < -0.4 is 10.5 Å². The summed E-state index contributed by atoms with van der Waals surface area (Å²) < 4.78 is 27.0. The predicted octanol–water partition coefficient (Wildman–Crippen LogP) is 1.65. The second-order valence-corrected chi connectivity index (χ2v) is 7.03. The van der Waals surface area contributed by atoms with E-state index >= 15 is 0 Å². The van der Waals surface area contributed by atoms with Crippen LogP contribution in [0.2, 0.25) is 0 Å². The van der Waals surface area contributed by atoms with Crippen LogP contribution in [-0.4, -0.2) is 21.5 Å². The monoisotopic (exact) mass is 270 g/mol. The third-order valence-corrected chi connectivity index (χ3v) is 4.51. The first-order valence-corrected chi connectivity index (χ1v) is 7.52. The van der Waals surface area contributed by atoms with E-state index in [1.165, 1.54) is 0 Å². The lowest BCUT2D eigenvalue weighted by atomic mass is 9.90. The smallest absolute Gasteiger partial charge is 0.240 e. The van der Waals surface area contributed by atoms with Gasteiger partial charge in [-0.05, 0) is 36.9 Å². The molecule has 0 fully saturated rings. The first-order chi connectivity index (χ1) is 8.28. The molecule has 0 aliphatic carbocycles. The van der Waals surface area contributed by atoms with Crippen molar-refractivity contribution in [2.24, 2.45) is 11.1 Å². The number of nitrogens with two attached hydrogens (primary N) is 1. The summed E-state index contributed by atoms with van der Waals surface area (Å²) in [6.07, 6.45) is 0.781. The van der Waals surface area contributed by atoms with Crippen LogP contribution in [0.1, 0.15) is 25.8 Å². The fourth-order valence-electron chi connectivity index (χ4n) is 1.71. The third-order valence-electron chi connectivity index (χ3n) is 2.94. The van der Waals surface area contributed by atoms with E-state index in [1.807, 2.05) is 19.9 Å². The molecule has 102 valence electrons. The van der Waals surface area contributed by atoms with Gasteiger partial charge in [0.05, 0.1) is 4.90 Å². The van der Waals surface area contributed by atoms with Gasteiger partial charge < -0.3 is 5.73 Å². The maximum Gasteiger partial charge on any atom is 0.240 e. The van der Waals surface area contributed by atoms with E-state index in [9.17, 15) is 8.42 Å². The fraction of sp³-hybridized carbons (Fsp3) is 0.538. The van der Waals surface area contributed by atoms with E-state index in [-0.39, 0.29) is 5.41 Å². The van der Waals surface area contributed by atoms with Gasteiger partial charge in [0.2, 0.25) is 10.0 Å². The van der Waals surface area contributed by atoms with Crippen LogP contribution in [-0.2, 0) is 10.0 Å². The largest absolute Gasteiger partial charge is 0.330 e. The average molecular weight is 270 g/mol. The van der Waals surface area contributed by atoms with Crippen molar-refractivity contribution in [3.05, 3.63) is 29.8 Å². The van der Waals surface area contributed by atoms with Crippen LogP contribution in [0.15, 0.2) is 29.2 Å². The predicted molar refractivity (Wildman–Crippen MR) is 73.8 cm³/mol. The van der Waals surface area contributed by atoms with Gasteiger partial charge in [-0.25, -0.2) is 13.1 Å². The summed E-state index contributed by atoms with van der Waals surface area (Å²) in [5, 5.41) is 0. The lowest BCUT2D eigenvalue weighted by Crippen LogP contribution is -2.35. The Morgan fingerprint density at radius 2 is 1.89 bits per heavy atom. The highest BCUT2D eigenvalue weighted by Gasteiger charge is 2.22. The molecule has 0 aliphatic heterocycles. The maximum absolute atomic E-state index is 12.2. The van der Waals surface area contributed by atoms with Gasteiger partial charge in [0.15, 0.2) is 0 Å². The molecule has 0 unspecified atom stereocenters. The number of benzene rings is 1. The first kappa shape index (κ1) is 15.1. The van der Waals surface area contributed by atoms with Crippen molar-refractivity contribution in [1.82, 2.24) is 4.72 Å². The molecular weight excluding hydrogens is 248 g/mol. The van der Waals surface area contributed by atoms with Crippen molar-refractivity contribution < 1.29 is 8.42 Å². The minimum atomic E-state index is -3.43. The van der Waals surface area contributed by atoms with Crippen molar-refractivity contribution in [2.45, 2.75) is 32.1 Å². The van der Waals surface area contributed by atoms with Gasteiger partial charge in [0.25, 0.3) is 0 Å². The molecule has 4 nitrogen and oxygen atoms in total. The Labute approximate surface area is 110 Å². The molecule has 1 aromatic carbocycles. The average Bonchev–Trinajstić information content (AvgIpc) is 2.27. The zero-order valence-electron chi connectivity index (χ0n) is 11.2. The van der Waals surface area contributed by atoms with E-state index in [0.717, 1.165) is 12.0 Å². The summed E-state index contributed by atoms with van der Waals surface area (Å²) in [5.41, 5.74) is 6.13. The summed E-state index contributed by atoms with van der Waals surface area (Å²) in [7, 11) is -3.43. The highest BCUT2D eigenvalue weighted by Crippen LogP contribution is 2.20. The van der Waals surface area contributed by atoms with Crippen LogP contribution in [0.25, 0.3) is 0 Å². The van der Waals surface area contributed by atoms with Crippen molar-refractivity contribution >= 4 is 10.0 Å². The standard InChI is InChI=1S/C13H22N2O2S/c1-11-6-4-5-7-12(11)18(16,17)15-10-13(2,3)8-9-14/h4-7,15H,8-10,14H2,1-3H3. The molecule has 1 rings (SSSR count). The summed E-state index contributed by atoms with van der Waals surface area (Å²) >= 11 is 0.